The van der Waals surface area contributed by atoms with Crippen molar-refractivity contribution in [3.63, 3.8) is 0 Å². The number of hydrogen-bond donors (Lipinski definition) is 1. The number of rotatable bonds is 4. The predicted octanol–water partition coefficient (Wildman–Crippen LogP) is 4.46. The van der Waals surface area contributed by atoms with E-state index in [0.29, 0.717) is 11.1 Å². The summed E-state index contributed by atoms with van der Waals surface area (Å²) in [5.41, 5.74) is 2.80. The number of pyridine rings is 1. The minimum Gasteiger partial charge on any atom is -0.507 e. The number of aryl methyl sites for hydroxylation is 2. The maximum atomic E-state index is 14.8. The molecule has 1 saturated heterocycles. The molecule has 2 aromatic carbocycles. The normalized spacial score (nSPS) is 17.9. The van der Waals surface area contributed by atoms with Gasteiger partial charge in [-0.05, 0) is 43.2 Å². The molecule has 0 radical (unpaired) electrons. The molecule has 1 aromatic heterocycles. The van der Waals surface area contributed by atoms with Gasteiger partial charge in [0.05, 0.1) is 11.6 Å². The van der Waals surface area contributed by atoms with Crippen LogP contribution in [0, 0.1) is 19.7 Å². The second kappa shape index (κ2) is 8.14. The van der Waals surface area contributed by atoms with Crippen LogP contribution in [-0.4, -0.2) is 26.7 Å². The highest BCUT2D eigenvalue weighted by Crippen LogP contribution is 2.41. The zero-order valence-electron chi connectivity index (χ0n) is 17.2. The van der Waals surface area contributed by atoms with Crippen molar-refractivity contribution < 1.29 is 19.1 Å². The number of carbonyl (C=O) groups excluding carboxylic acids is 2. The quantitative estimate of drug-likeness (QED) is 0.387. The van der Waals surface area contributed by atoms with Gasteiger partial charge in [0, 0.05) is 30.1 Å². The molecule has 0 bridgehead atoms. The van der Waals surface area contributed by atoms with Crippen molar-refractivity contribution in [2.45, 2.75) is 26.4 Å². The topological polar surface area (TPSA) is 70.5 Å². The van der Waals surface area contributed by atoms with Crippen molar-refractivity contribution in [2.75, 3.05) is 0 Å². The lowest BCUT2D eigenvalue weighted by molar-refractivity contribution is -0.140. The Kier molecular flexibility index (Phi) is 5.38. The Bertz CT molecular complexity index is 1200. The first-order chi connectivity index (χ1) is 14.9. The molecule has 1 N–H and O–H groups in total. The molecule has 3 aromatic rings. The van der Waals surface area contributed by atoms with Crippen LogP contribution in [0.5, 0.6) is 0 Å². The third-order valence-corrected chi connectivity index (χ3v) is 5.46. The Balaban J connectivity index is 1.92. The molecule has 5 nitrogen and oxygen atoms in total. The molecule has 1 atom stereocenters. The number of aliphatic hydroxyl groups is 1. The summed E-state index contributed by atoms with van der Waals surface area (Å²) in [4.78, 5) is 31.4. The summed E-state index contributed by atoms with van der Waals surface area (Å²) in [5.74, 6) is -2.49. The van der Waals surface area contributed by atoms with Gasteiger partial charge in [0.2, 0.25) is 0 Å². The number of benzene rings is 2. The smallest absolute Gasteiger partial charge is 0.295 e. The van der Waals surface area contributed by atoms with Gasteiger partial charge in [-0.3, -0.25) is 14.6 Å². The summed E-state index contributed by atoms with van der Waals surface area (Å²) >= 11 is 0. The standard InChI is InChI=1S/C25H21FN2O3/c1-15-9-10-16(2)19(12-15)23(29)21-22(18-7-3-4-8-20(18)26)28(25(31)24(21)30)14-17-6-5-11-27-13-17/h3-13,22,29H,14H2,1-2H3/b23-21+. The van der Waals surface area contributed by atoms with E-state index in [2.05, 4.69) is 4.98 Å². The van der Waals surface area contributed by atoms with Gasteiger partial charge in [-0.25, -0.2) is 4.39 Å². The molecule has 1 fully saturated rings. The number of likely N-dealkylation sites (tertiary alicyclic amines) is 1. The number of ketones is 1. The maximum Gasteiger partial charge on any atom is 0.295 e. The van der Waals surface area contributed by atoms with E-state index in [-0.39, 0.29) is 23.4 Å². The van der Waals surface area contributed by atoms with Crippen LogP contribution in [0.15, 0.2) is 72.6 Å². The van der Waals surface area contributed by atoms with E-state index in [9.17, 15) is 19.1 Å². The Morgan fingerprint density at radius 3 is 2.58 bits per heavy atom. The molecule has 2 heterocycles. The number of carbonyl (C=O) groups is 2. The highest BCUT2D eigenvalue weighted by molar-refractivity contribution is 6.46. The molecular weight excluding hydrogens is 395 g/mol. The summed E-state index contributed by atoms with van der Waals surface area (Å²) < 4.78 is 14.8. The molecule has 156 valence electrons. The fourth-order valence-electron chi connectivity index (χ4n) is 3.89. The molecule has 0 aliphatic carbocycles. The van der Waals surface area contributed by atoms with E-state index in [1.807, 2.05) is 19.1 Å². The first kappa shape index (κ1) is 20.5. The zero-order valence-corrected chi connectivity index (χ0v) is 17.2. The van der Waals surface area contributed by atoms with E-state index in [1.165, 1.54) is 23.1 Å². The number of aliphatic hydroxyl groups excluding tert-OH is 1. The molecule has 31 heavy (non-hydrogen) atoms. The Labute approximate surface area is 179 Å². The first-order valence-electron chi connectivity index (χ1n) is 9.88. The summed E-state index contributed by atoms with van der Waals surface area (Å²) in [6.45, 7) is 3.73. The Morgan fingerprint density at radius 1 is 1.10 bits per heavy atom. The van der Waals surface area contributed by atoms with Crippen molar-refractivity contribution in [3.05, 3.63) is 106 Å². The molecule has 1 unspecified atom stereocenters. The fourth-order valence-corrected chi connectivity index (χ4v) is 3.89. The summed E-state index contributed by atoms with van der Waals surface area (Å²) in [5, 5.41) is 11.2. The molecular formula is C25H21FN2O3. The van der Waals surface area contributed by atoms with Crippen LogP contribution in [0.2, 0.25) is 0 Å². The number of amides is 1. The summed E-state index contributed by atoms with van der Waals surface area (Å²) in [7, 11) is 0. The van der Waals surface area contributed by atoms with Crippen molar-refractivity contribution in [1.82, 2.24) is 9.88 Å². The number of hydrogen-bond acceptors (Lipinski definition) is 4. The number of aromatic nitrogens is 1. The van der Waals surface area contributed by atoms with Crippen LogP contribution < -0.4 is 0 Å². The average molecular weight is 416 g/mol. The lowest BCUT2D eigenvalue weighted by Crippen LogP contribution is -2.29. The lowest BCUT2D eigenvalue weighted by atomic mass is 9.93. The SMILES string of the molecule is Cc1ccc(C)c(/C(O)=C2\C(=O)C(=O)N(Cc3cccnc3)C2c2ccccc2F)c1. The van der Waals surface area contributed by atoms with Crippen LogP contribution in [0.4, 0.5) is 4.39 Å². The van der Waals surface area contributed by atoms with Crippen molar-refractivity contribution in [3.8, 4) is 0 Å². The van der Waals surface area contributed by atoms with Crippen LogP contribution >= 0.6 is 0 Å². The van der Waals surface area contributed by atoms with E-state index >= 15 is 0 Å². The third-order valence-electron chi connectivity index (χ3n) is 5.46. The molecule has 6 heteroatoms. The summed E-state index contributed by atoms with van der Waals surface area (Å²) in [6, 6.07) is 13.9. The van der Waals surface area contributed by atoms with E-state index in [0.717, 1.165) is 11.1 Å². The van der Waals surface area contributed by atoms with Gasteiger partial charge in [0.1, 0.15) is 11.6 Å². The average Bonchev–Trinajstić information content (AvgIpc) is 3.01. The second-order valence-electron chi connectivity index (χ2n) is 7.63. The lowest BCUT2D eigenvalue weighted by Gasteiger charge is -2.25. The van der Waals surface area contributed by atoms with Gasteiger partial charge in [0.15, 0.2) is 0 Å². The molecule has 1 aliphatic heterocycles. The highest BCUT2D eigenvalue weighted by atomic mass is 19.1. The van der Waals surface area contributed by atoms with Gasteiger partial charge in [-0.1, -0.05) is 42.0 Å². The second-order valence-corrected chi connectivity index (χ2v) is 7.63. The number of nitrogens with zero attached hydrogens (tertiary/aromatic N) is 2. The zero-order chi connectivity index (χ0) is 22.1. The first-order valence-corrected chi connectivity index (χ1v) is 9.88. The third kappa shape index (κ3) is 3.72. The van der Waals surface area contributed by atoms with Gasteiger partial charge in [-0.15, -0.1) is 0 Å². The predicted molar refractivity (Wildman–Crippen MR) is 114 cm³/mol. The maximum absolute atomic E-state index is 14.8. The number of Topliss-reactive ketones (excluding diaryl/α,β-unsaturated/α-hetero) is 1. The minimum absolute atomic E-state index is 0.0565. The van der Waals surface area contributed by atoms with Gasteiger partial charge < -0.3 is 10.0 Å². The molecule has 1 amide bonds. The molecule has 4 rings (SSSR count). The van der Waals surface area contributed by atoms with Crippen molar-refractivity contribution in [1.29, 1.82) is 0 Å². The molecule has 0 spiro atoms. The van der Waals surface area contributed by atoms with E-state index < -0.39 is 23.5 Å². The Morgan fingerprint density at radius 2 is 1.87 bits per heavy atom. The van der Waals surface area contributed by atoms with Crippen molar-refractivity contribution >= 4 is 17.4 Å². The minimum atomic E-state index is -1.05. The van der Waals surface area contributed by atoms with Gasteiger partial charge in [0.25, 0.3) is 11.7 Å². The Hall–Kier alpha value is -3.80. The van der Waals surface area contributed by atoms with Crippen LogP contribution in [0.25, 0.3) is 5.76 Å². The van der Waals surface area contributed by atoms with Crippen LogP contribution in [-0.2, 0) is 16.1 Å². The largest absolute Gasteiger partial charge is 0.507 e. The van der Waals surface area contributed by atoms with Crippen LogP contribution in [0.1, 0.15) is 33.9 Å². The van der Waals surface area contributed by atoms with Crippen LogP contribution in [0.3, 0.4) is 0 Å². The number of halogens is 1. The fraction of sp³-hybridized carbons (Fsp3) is 0.160. The molecule has 0 saturated carbocycles. The molecule has 1 aliphatic rings. The van der Waals surface area contributed by atoms with Gasteiger partial charge in [-0.2, -0.15) is 0 Å². The highest BCUT2D eigenvalue weighted by Gasteiger charge is 2.47. The van der Waals surface area contributed by atoms with E-state index in [1.54, 1.807) is 43.6 Å². The van der Waals surface area contributed by atoms with Gasteiger partial charge >= 0.3 is 0 Å². The summed E-state index contributed by atoms with van der Waals surface area (Å²) in [6.07, 6.45) is 3.19. The van der Waals surface area contributed by atoms with E-state index in [4.69, 9.17) is 0 Å². The monoisotopic (exact) mass is 416 g/mol. The van der Waals surface area contributed by atoms with Crippen molar-refractivity contribution in [2.24, 2.45) is 0 Å².